The van der Waals surface area contributed by atoms with Crippen molar-refractivity contribution in [2.75, 3.05) is 31.2 Å². The van der Waals surface area contributed by atoms with E-state index in [1.54, 1.807) is 55.5 Å². The van der Waals surface area contributed by atoms with Crippen LogP contribution in [0.25, 0.3) is 0 Å². The number of rotatable bonds is 22. The van der Waals surface area contributed by atoms with E-state index in [4.69, 9.17) is 48.4 Å². The summed E-state index contributed by atoms with van der Waals surface area (Å²) < 4.78 is 80.8. The number of aliphatic hydroxyl groups excluding tert-OH is 3. The van der Waals surface area contributed by atoms with Crippen LogP contribution in [-0.4, -0.2) is 153 Å². The number of amides is 3. The number of hydrogen-bond donors (Lipinski definition) is 7. The smallest absolute Gasteiger partial charge is 0.408 e. The van der Waals surface area contributed by atoms with Crippen molar-refractivity contribution in [3.63, 3.8) is 0 Å². The summed E-state index contributed by atoms with van der Waals surface area (Å²) in [6, 6.07) is 25.3. The molecule has 15 atom stereocenters. The first kappa shape index (κ1) is 56.2. The molecule has 0 unspecified atom stereocenters. The lowest BCUT2D eigenvalue weighted by Crippen LogP contribution is -2.59. The van der Waals surface area contributed by atoms with Gasteiger partial charge in [0.25, 0.3) is 0 Å². The van der Waals surface area contributed by atoms with E-state index in [1.165, 1.54) is 0 Å². The molecule has 0 spiro atoms. The SMILES string of the molecule is CC[C@@H]1C=C[C@@H](NC(=O)OCc2ccccc2)[C@@H](O[C@H]2[C@H](O[C@@H]3O[C@H](CO)[C@@H](O[C@H]4O[C@@H](CNC(=O)OCc5ccccc5)C=C[C@H]4NC(=O)OCc4ccccc4)[C@H]3O)[C@@H](O)[C@H](CS(=O)(=O)CCN)C[C@@H]2C)O1. The van der Waals surface area contributed by atoms with Crippen LogP contribution >= 0.6 is 0 Å². The third-order valence-electron chi connectivity index (χ3n) is 12.9. The largest absolute Gasteiger partial charge is 0.445 e. The molecule has 8 N–H and O–H groups in total. The molecule has 22 heteroatoms. The molecule has 0 bridgehead atoms. The van der Waals surface area contributed by atoms with Crippen molar-refractivity contribution in [3.8, 4) is 0 Å². The minimum absolute atomic E-state index is 0.00160. The van der Waals surface area contributed by atoms with Crippen LogP contribution in [0.4, 0.5) is 14.4 Å². The first-order valence-corrected chi connectivity index (χ1v) is 26.6. The standard InChI is InChI=1S/C52H68N4O17S/c1-3-37-19-21-39(55-51(61)66-29-34-15-9-5-10-16-34)47(68-37)71-44-32(2)25-36(31-74(63,64)24-23-53)42(58)46(44)73-49-43(59)45(41(27-57)70-49)72-48-40(56-52(62)67-30-35-17-11-6-12-18-35)22-20-38(69-48)26-54-50(60)65-28-33-13-7-4-8-14-33/h4-22,32,36-49,57-59H,3,23-31,53H2,1-2H3,(H,54,60)(H,55,61)(H,56,62)/t32-,36-,37+,38+,39+,40+,41+,42-,43+,44+,45+,46+,47+,48+,49-/m0/s1. The summed E-state index contributed by atoms with van der Waals surface area (Å²) >= 11 is 0. The van der Waals surface area contributed by atoms with Gasteiger partial charge in [-0.1, -0.05) is 129 Å². The van der Waals surface area contributed by atoms with E-state index in [2.05, 4.69) is 16.0 Å². The highest BCUT2D eigenvalue weighted by Crippen LogP contribution is 2.39. The van der Waals surface area contributed by atoms with Crippen molar-refractivity contribution in [2.24, 2.45) is 17.6 Å². The number of hydrogen-bond acceptors (Lipinski definition) is 18. The monoisotopic (exact) mass is 1050 g/mol. The van der Waals surface area contributed by atoms with Gasteiger partial charge in [-0.25, -0.2) is 22.8 Å². The second-order valence-electron chi connectivity index (χ2n) is 18.6. The summed E-state index contributed by atoms with van der Waals surface area (Å²) in [7, 11) is -3.75. The average molecular weight is 1050 g/mol. The Kier molecular flexibility index (Phi) is 20.8. The molecule has 0 radical (unpaired) electrons. The van der Waals surface area contributed by atoms with Gasteiger partial charge in [-0.15, -0.1) is 0 Å². The van der Waals surface area contributed by atoms with Crippen molar-refractivity contribution in [2.45, 2.75) is 126 Å². The quantitative estimate of drug-likeness (QED) is 0.0562. The summed E-state index contributed by atoms with van der Waals surface area (Å²) in [5.41, 5.74) is 7.92. The highest BCUT2D eigenvalue weighted by Gasteiger charge is 2.53. The van der Waals surface area contributed by atoms with Crippen molar-refractivity contribution < 1.29 is 80.8 Å². The Morgan fingerprint density at radius 3 is 1.65 bits per heavy atom. The molecule has 4 aliphatic rings. The topological polar surface area (TPSA) is 291 Å². The number of ether oxygens (including phenoxy) is 9. The highest BCUT2D eigenvalue weighted by atomic mass is 32.2. The van der Waals surface area contributed by atoms with Gasteiger partial charge < -0.3 is 79.6 Å². The molecule has 3 aromatic rings. The molecule has 404 valence electrons. The Morgan fingerprint density at radius 2 is 1.14 bits per heavy atom. The van der Waals surface area contributed by atoms with Gasteiger partial charge in [-0.2, -0.15) is 0 Å². The fourth-order valence-corrected chi connectivity index (χ4v) is 10.6. The number of carbonyl (C=O) groups is 3. The number of alkyl carbamates (subject to hydrolysis) is 3. The molecule has 3 amide bonds. The summed E-state index contributed by atoms with van der Waals surface area (Å²) in [6.07, 6.45) is -8.85. The zero-order valence-corrected chi connectivity index (χ0v) is 42.1. The molecule has 3 aromatic carbocycles. The third kappa shape index (κ3) is 16.0. The Balaban J connectivity index is 1.08. The van der Waals surface area contributed by atoms with Gasteiger partial charge in [0.05, 0.1) is 49.1 Å². The molecular formula is C52H68N4O17S. The second-order valence-corrected chi connectivity index (χ2v) is 20.8. The number of nitrogens with one attached hydrogen (secondary N) is 3. The van der Waals surface area contributed by atoms with Gasteiger partial charge in [0, 0.05) is 12.5 Å². The summed E-state index contributed by atoms with van der Waals surface area (Å²) in [5.74, 6) is -2.17. The first-order valence-electron chi connectivity index (χ1n) is 24.8. The lowest BCUT2D eigenvalue weighted by molar-refractivity contribution is -0.290. The maximum atomic E-state index is 13.2. The average Bonchev–Trinajstić information content (AvgIpc) is 3.70. The van der Waals surface area contributed by atoms with Gasteiger partial charge in [0.1, 0.15) is 56.3 Å². The van der Waals surface area contributed by atoms with Crippen LogP contribution in [0.3, 0.4) is 0 Å². The van der Waals surface area contributed by atoms with Crippen LogP contribution in [0.1, 0.15) is 43.4 Å². The van der Waals surface area contributed by atoms with E-state index in [-0.39, 0.29) is 45.1 Å². The lowest BCUT2D eigenvalue weighted by Gasteiger charge is -2.46. The van der Waals surface area contributed by atoms with Crippen LogP contribution < -0.4 is 21.7 Å². The third-order valence-corrected chi connectivity index (χ3v) is 14.7. The number of aliphatic hydroxyl groups is 3. The molecule has 1 saturated heterocycles. The van der Waals surface area contributed by atoms with E-state index < -0.39 is 132 Å². The van der Waals surface area contributed by atoms with Crippen molar-refractivity contribution >= 4 is 28.1 Å². The van der Waals surface area contributed by atoms with E-state index in [9.17, 15) is 38.1 Å². The summed E-state index contributed by atoms with van der Waals surface area (Å²) in [6.45, 7) is 2.72. The molecule has 1 saturated carbocycles. The first-order chi connectivity index (χ1) is 35.7. The molecule has 0 aromatic heterocycles. The fourth-order valence-electron chi connectivity index (χ4n) is 9.11. The van der Waals surface area contributed by atoms with Crippen molar-refractivity contribution in [1.82, 2.24) is 16.0 Å². The van der Waals surface area contributed by atoms with Gasteiger partial charge in [0.2, 0.25) is 0 Å². The lowest BCUT2D eigenvalue weighted by atomic mass is 9.77. The Morgan fingerprint density at radius 1 is 0.649 bits per heavy atom. The maximum absolute atomic E-state index is 13.2. The molecule has 1 aliphatic carbocycles. The maximum Gasteiger partial charge on any atom is 0.408 e. The Labute approximate surface area is 430 Å². The number of sulfone groups is 1. The zero-order chi connectivity index (χ0) is 52.6. The van der Waals surface area contributed by atoms with Crippen LogP contribution in [0.5, 0.6) is 0 Å². The number of nitrogens with two attached hydrogens (primary N) is 1. The van der Waals surface area contributed by atoms with Crippen LogP contribution in [0, 0.1) is 11.8 Å². The number of benzene rings is 3. The minimum Gasteiger partial charge on any atom is -0.445 e. The highest BCUT2D eigenvalue weighted by molar-refractivity contribution is 7.91. The van der Waals surface area contributed by atoms with Gasteiger partial charge >= 0.3 is 18.3 Å². The minimum atomic E-state index is -3.75. The Hall–Kier alpha value is -5.50. The van der Waals surface area contributed by atoms with E-state index in [1.807, 2.05) is 73.7 Å². The predicted octanol–water partition coefficient (Wildman–Crippen LogP) is 3.10. The molecule has 21 nitrogen and oxygen atoms in total. The van der Waals surface area contributed by atoms with Crippen LogP contribution in [0.2, 0.25) is 0 Å². The van der Waals surface area contributed by atoms with Crippen LogP contribution in [0.15, 0.2) is 115 Å². The summed E-state index contributed by atoms with van der Waals surface area (Å²) in [4.78, 5) is 39.0. The Bertz CT molecular complexity index is 2410. The van der Waals surface area contributed by atoms with E-state index >= 15 is 0 Å². The number of carbonyl (C=O) groups excluding carboxylic acids is 3. The van der Waals surface area contributed by atoms with Gasteiger partial charge in [0.15, 0.2) is 28.7 Å². The fraction of sp³-hybridized carbons (Fsp3) is 0.519. The van der Waals surface area contributed by atoms with Crippen molar-refractivity contribution in [1.29, 1.82) is 0 Å². The second kappa shape index (κ2) is 27.3. The predicted molar refractivity (Wildman–Crippen MR) is 265 cm³/mol. The molecular weight excluding hydrogens is 985 g/mol. The van der Waals surface area contributed by atoms with E-state index in [0.29, 0.717) is 6.42 Å². The molecule has 3 heterocycles. The van der Waals surface area contributed by atoms with Crippen molar-refractivity contribution in [3.05, 3.63) is 132 Å². The van der Waals surface area contributed by atoms with Crippen LogP contribution in [-0.2, 0) is 72.3 Å². The van der Waals surface area contributed by atoms with Gasteiger partial charge in [-0.05, 0) is 35.4 Å². The summed E-state index contributed by atoms with van der Waals surface area (Å²) in [5, 5.41) is 43.0. The molecule has 7 rings (SSSR count). The zero-order valence-electron chi connectivity index (χ0n) is 41.2. The van der Waals surface area contributed by atoms with E-state index in [0.717, 1.165) is 16.7 Å². The molecule has 74 heavy (non-hydrogen) atoms. The normalized spacial score (nSPS) is 30.8. The van der Waals surface area contributed by atoms with Gasteiger partial charge in [-0.3, -0.25) is 0 Å². The molecule has 3 aliphatic heterocycles. The molecule has 2 fully saturated rings.